The lowest BCUT2D eigenvalue weighted by molar-refractivity contribution is -1.02. The molecule has 2 N–H and O–H groups in total. The first-order valence-corrected chi connectivity index (χ1v) is 9.81. The van der Waals surface area contributed by atoms with Crippen LogP contribution < -0.4 is 19.3 Å². The van der Waals surface area contributed by atoms with Crippen LogP contribution in [0.3, 0.4) is 0 Å². The lowest BCUT2D eigenvalue weighted by atomic mass is 9.93. The Bertz CT molecular complexity index is 622. The summed E-state index contributed by atoms with van der Waals surface area (Å²) in [6.45, 7) is 7.68. The van der Waals surface area contributed by atoms with Gasteiger partial charge in [0.1, 0.15) is 32.7 Å². The molecular formula is C21H32N2O2+2. The van der Waals surface area contributed by atoms with Crippen molar-refractivity contribution in [1.82, 2.24) is 0 Å². The maximum absolute atomic E-state index is 5.44. The smallest absolute Gasteiger partial charge is 0.161 e. The number of nitrogens with one attached hydrogen (secondary N) is 2. The van der Waals surface area contributed by atoms with Crippen LogP contribution in [-0.2, 0) is 6.54 Å². The summed E-state index contributed by atoms with van der Waals surface area (Å²) in [5.41, 5.74) is 1.34. The SMILES string of the molecule is COc1ccc(C[NH+]2CC[NH+](CC3CC4C=CC3C4)CC2)cc1OC. The van der Waals surface area contributed by atoms with Crippen LogP contribution >= 0.6 is 0 Å². The summed E-state index contributed by atoms with van der Waals surface area (Å²) >= 11 is 0. The third kappa shape index (κ3) is 3.70. The molecule has 0 amide bonds. The molecular weight excluding hydrogens is 312 g/mol. The van der Waals surface area contributed by atoms with Gasteiger partial charge in [0.15, 0.2) is 11.5 Å². The molecule has 1 saturated carbocycles. The second kappa shape index (κ2) is 7.38. The molecule has 4 nitrogen and oxygen atoms in total. The monoisotopic (exact) mass is 344 g/mol. The highest BCUT2D eigenvalue weighted by Crippen LogP contribution is 2.42. The summed E-state index contributed by atoms with van der Waals surface area (Å²) in [6.07, 6.45) is 7.85. The molecule has 3 aliphatic rings. The van der Waals surface area contributed by atoms with E-state index >= 15 is 0 Å². The maximum Gasteiger partial charge on any atom is 0.161 e. The summed E-state index contributed by atoms with van der Waals surface area (Å²) in [5, 5.41) is 0. The summed E-state index contributed by atoms with van der Waals surface area (Å²) < 4.78 is 10.8. The zero-order chi connectivity index (χ0) is 17.2. The predicted molar refractivity (Wildman–Crippen MR) is 98.4 cm³/mol. The van der Waals surface area contributed by atoms with E-state index in [2.05, 4.69) is 24.3 Å². The Balaban J connectivity index is 1.27. The quantitative estimate of drug-likeness (QED) is 0.722. The van der Waals surface area contributed by atoms with Crippen LogP contribution in [0.25, 0.3) is 0 Å². The van der Waals surface area contributed by atoms with Gasteiger partial charge in [-0.3, -0.25) is 0 Å². The molecule has 4 rings (SSSR count). The first-order chi connectivity index (χ1) is 12.2. The van der Waals surface area contributed by atoms with Crippen molar-refractivity contribution < 1.29 is 19.3 Å². The fourth-order valence-electron chi connectivity index (χ4n) is 5.12. The number of piperazine rings is 1. The topological polar surface area (TPSA) is 27.3 Å². The van der Waals surface area contributed by atoms with Crippen LogP contribution in [0, 0.1) is 17.8 Å². The number of methoxy groups -OCH3 is 2. The Hall–Kier alpha value is -1.52. The highest BCUT2D eigenvalue weighted by Gasteiger charge is 2.38. The van der Waals surface area contributed by atoms with Crippen LogP contribution in [-0.4, -0.2) is 46.9 Å². The molecule has 2 fully saturated rings. The Morgan fingerprint density at radius 2 is 1.68 bits per heavy atom. The maximum atomic E-state index is 5.44. The highest BCUT2D eigenvalue weighted by atomic mass is 16.5. The molecule has 1 saturated heterocycles. The third-order valence-electron chi connectivity index (χ3n) is 6.53. The molecule has 25 heavy (non-hydrogen) atoms. The molecule has 0 radical (unpaired) electrons. The van der Waals surface area contributed by atoms with Gasteiger partial charge in [0.25, 0.3) is 0 Å². The standard InChI is InChI=1S/C21H30N2O2/c1-24-20-6-4-17(13-21(20)25-2)14-22-7-9-23(10-8-22)15-19-12-16-3-5-18(19)11-16/h3-6,13,16,18-19H,7-12,14-15H2,1-2H3/p+2. The number of hydrogen-bond acceptors (Lipinski definition) is 2. The van der Waals surface area contributed by atoms with Crippen molar-refractivity contribution in [2.75, 3.05) is 46.9 Å². The fraction of sp³-hybridized carbons (Fsp3) is 0.619. The molecule has 1 aromatic rings. The van der Waals surface area contributed by atoms with Gasteiger partial charge in [-0.2, -0.15) is 0 Å². The Morgan fingerprint density at radius 1 is 0.920 bits per heavy atom. The van der Waals surface area contributed by atoms with Crippen LogP contribution in [0.2, 0.25) is 0 Å². The number of fused-ring (bicyclic) bond motifs is 2. The molecule has 3 unspecified atom stereocenters. The molecule has 136 valence electrons. The first kappa shape index (κ1) is 16.9. The summed E-state index contributed by atoms with van der Waals surface area (Å²) in [6, 6.07) is 6.33. The second-order valence-corrected chi connectivity index (χ2v) is 8.11. The molecule has 1 aromatic carbocycles. The van der Waals surface area contributed by atoms with Crippen LogP contribution in [0.15, 0.2) is 30.4 Å². The van der Waals surface area contributed by atoms with Crippen LogP contribution in [0.1, 0.15) is 18.4 Å². The number of hydrogen-bond donors (Lipinski definition) is 2. The zero-order valence-corrected chi connectivity index (χ0v) is 15.6. The van der Waals surface area contributed by atoms with Gasteiger partial charge in [0.2, 0.25) is 0 Å². The second-order valence-electron chi connectivity index (χ2n) is 8.11. The van der Waals surface area contributed by atoms with Gasteiger partial charge in [-0.1, -0.05) is 12.2 Å². The van der Waals surface area contributed by atoms with Crippen molar-refractivity contribution >= 4 is 0 Å². The number of quaternary nitrogens is 2. The predicted octanol–water partition coefficient (Wildman–Crippen LogP) is 0.199. The average molecular weight is 344 g/mol. The Labute approximate surface area is 151 Å². The number of rotatable bonds is 6. The molecule has 3 atom stereocenters. The first-order valence-electron chi connectivity index (χ1n) is 9.81. The van der Waals surface area contributed by atoms with Crippen molar-refractivity contribution in [3.8, 4) is 11.5 Å². The van der Waals surface area contributed by atoms with Crippen molar-refractivity contribution in [3.05, 3.63) is 35.9 Å². The van der Waals surface area contributed by atoms with E-state index in [1.165, 1.54) is 51.1 Å². The van der Waals surface area contributed by atoms with Crippen molar-refractivity contribution in [3.63, 3.8) is 0 Å². The number of benzene rings is 1. The normalized spacial score (nSPS) is 33.6. The molecule has 0 aromatic heterocycles. The summed E-state index contributed by atoms with van der Waals surface area (Å²) in [5.74, 6) is 4.42. The van der Waals surface area contributed by atoms with Gasteiger partial charge in [-0.05, 0) is 42.9 Å². The fourth-order valence-corrected chi connectivity index (χ4v) is 5.12. The van der Waals surface area contributed by atoms with E-state index in [0.29, 0.717) is 0 Å². The van der Waals surface area contributed by atoms with E-state index in [1.807, 2.05) is 11.0 Å². The number of ether oxygens (including phenoxy) is 2. The van der Waals surface area contributed by atoms with Gasteiger partial charge in [-0.25, -0.2) is 0 Å². The van der Waals surface area contributed by atoms with E-state index < -0.39 is 0 Å². The lowest BCUT2D eigenvalue weighted by Crippen LogP contribution is -3.27. The third-order valence-corrected chi connectivity index (χ3v) is 6.53. The Morgan fingerprint density at radius 3 is 2.32 bits per heavy atom. The molecule has 4 heteroatoms. The van der Waals surface area contributed by atoms with Crippen LogP contribution in [0.4, 0.5) is 0 Å². The van der Waals surface area contributed by atoms with Gasteiger partial charge < -0.3 is 19.3 Å². The minimum atomic E-state index is 0.815. The molecule has 2 bridgehead atoms. The van der Waals surface area contributed by atoms with E-state index in [4.69, 9.17) is 9.47 Å². The van der Waals surface area contributed by atoms with E-state index in [9.17, 15) is 0 Å². The van der Waals surface area contributed by atoms with E-state index in [0.717, 1.165) is 35.8 Å². The summed E-state index contributed by atoms with van der Waals surface area (Å²) in [4.78, 5) is 3.53. The van der Waals surface area contributed by atoms with Crippen molar-refractivity contribution in [2.24, 2.45) is 17.8 Å². The minimum absolute atomic E-state index is 0.815. The number of allylic oxidation sites excluding steroid dienone is 2. The van der Waals surface area contributed by atoms with Gasteiger partial charge >= 0.3 is 0 Å². The van der Waals surface area contributed by atoms with Gasteiger partial charge in [0, 0.05) is 11.5 Å². The largest absolute Gasteiger partial charge is 0.493 e. The highest BCUT2D eigenvalue weighted by molar-refractivity contribution is 5.42. The minimum Gasteiger partial charge on any atom is -0.493 e. The van der Waals surface area contributed by atoms with E-state index in [-0.39, 0.29) is 0 Å². The molecule has 1 aliphatic heterocycles. The zero-order valence-electron chi connectivity index (χ0n) is 15.6. The van der Waals surface area contributed by atoms with E-state index in [1.54, 1.807) is 19.1 Å². The van der Waals surface area contributed by atoms with Crippen LogP contribution in [0.5, 0.6) is 11.5 Å². The Kier molecular flexibility index (Phi) is 5.00. The molecule has 2 aliphatic carbocycles. The lowest BCUT2D eigenvalue weighted by Gasteiger charge is -2.32. The van der Waals surface area contributed by atoms with Gasteiger partial charge in [0.05, 0.1) is 20.8 Å². The average Bonchev–Trinajstić information content (AvgIpc) is 3.26. The van der Waals surface area contributed by atoms with Crippen molar-refractivity contribution in [1.29, 1.82) is 0 Å². The molecule has 0 spiro atoms. The van der Waals surface area contributed by atoms with Crippen molar-refractivity contribution in [2.45, 2.75) is 19.4 Å². The summed E-state index contributed by atoms with van der Waals surface area (Å²) in [7, 11) is 3.40. The molecule has 1 heterocycles. The van der Waals surface area contributed by atoms with Gasteiger partial charge in [-0.15, -0.1) is 0 Å².